The normalized spacial score (nSPS) is 12.1. The summed E-state index contributed by atoms with van der Waals surface area (Å²) in [7, 11) is -4.94. The molecule has 66 heavy (non-hydrogen) atoms. The van der Waals surface area contributed by atoms with E-state index in [1.54, 1.807) is 0 Å². The predicted octanol–water partition coefficient (Wildman–Crippen LogP) is 8.72. The Hall–Kier alpha value is -4.29. The van der Waals surface area contributed by atoms with Gasteiger partial charge in [-0.15, -0.1) is 21.9 Å². The van der Waals surface area contributed by atoms with E-state index in [-0.39, 0.29) is 0 Å². The Labute approximate surface area is 368 Å². The van der Waals surface area contributed by atoms with Crippen LogP contribution in [-0.2, 0) is 8.85 Å². The van der Waals surface area contributed by atoms with Crippen molar-refractivity contribution < 1.29 is 97.2 Å². The quantitative estimate of drug-likeness (QED) is 0.0440. The van der Waals surface area contributed by atoms with E-state index in [4.69, 9.17) is 8.85 Å². The summed E-state index contributed by atoms with van der Waals surface area (Å²) in [5.41, 5.74) is -13.9. The predicted molar refractivity (Wildman–Crippen MR) is 209 cm³/mol. The number of benzene rings is 4. The molecule has 0 amide bonds. The first kappa shape index (κ1) is 56.0. The average Bonchev–Trinajstić information content (AvgIpc) is 3.29. The highest BCUT2D eigenvalue weighted by atomic mass is 28.4. The third-order valence-corrected chi connectivity index (χ3v) is 14.7. The summed E-state index contributed by atoms with van der Waals surface area (Å²) in [5.74, 6) is -65.5. The van der Waals surface area contributed by atoms with Crippen molar-refractivity contribution in [3.63, 3.8) is 0 Å². The first-order chi connectivity index (χ1) is 30.9. The van der Waals surface area contributed by atoms with Gasteiger partial charge in [0.05, 0.1) is 24.8 Å². The van der Waals surface area contributed by atoms with Gasteiger partial charge in [0.2, 0.25) is 0 Å². The van der Waals surface area contributed by atoms with Crippen molar-refractivity contribution in [2.75, 3.05) is 32.8 Å². The molecular weight excluding hydrogens is 950 g/mol. The zero-order chi connectivity index (χ0) is 50.3. The van der Waals surface area contributed by atoms with Gasteiger partial charge in [0.25, 0.3) is 0 Å². The summed E-state index contributed by atoms with van der Waals surface area (Å²) in [5, 5.41) is -1.93. The molecule has 0 aliphatic carbocycles. The number of unbranched alkanes of at least 4 members (excludes halogenated alkanes) is 3. The molecule has 0 atom stereocenters. The molecule has 0 aromatic heterocycles. The van der Waals surface area contributed by atoms with Gasteiger partial charge in [-0.3, -0.25) is 0 Å². The number of halogens is 19. The van der Waals surface area contributed by atoms with Crippen LogP contribution in [0.2, 0.25) is 6.04 Å². The number of hydrogen-bond donors (Lipinski definition) is 1. The lowest BCUT2D eigenvalue weighted by atomic mass is 9.12. The van der Waals surface area contributed by atoms with Crippen molar-refractivity contribution in [3.05, 3.63) is 111 Å². The molecule has 0 aliphatic rings. The molecule has 0 saturated carbocycles. The van der Waals surface area contributed by atoms with Crippen LogP contribution in [0.3, 0.4) is 0 Å². The molecule has 0 radical (unpaired) electrons. The summed E-state index contributed by atoms with van der Waals surface area (Å²) in [6, 6.07) is -0.718. The lowest BCUT2D eigenvalue weighted by Gasteiger charge is -2.45. The molecule has 4 rings (SSSR count). The van der Waals surface area contributed by atoms with Crippen molar-refractivity contribution in [2.24, 2.45) is 0 Å². The van der Waals surface area contributed by atoms with Crippen LogP contribution in [0.4, 0.5) is 83.4 Å². The van der Waals surface area contributed by atoms with Gasteiger partial charge in [0.15, 0.2) is 64.0 Å². The molecule has 0 spiro atoms. The molecule has 4 aromatic carbocycles. The zero-order valence-corrected chi connectivity index (χ0v) is 37.1. The fraction of sp³-hybridized carbons (Fsp3) is 0.429. The Morgan fingerprint density at radius 2 is 0.545 bits per heavy atom. The zero-order valence-electron chi connectivity index (χ0n) is 36.1. The largest absolute Gasteiger partial charge is 0.391 e. The SMILES string of the molecule is CCCC[NH+](CCCC)CCCC.CCO[Si](CC)(OCC)c1c(F)c(F)c([B-](c2c(F)c(F)c(F)c(F)c2F)(c2c(F)c(F)c(F)c(F)c2F)c2c(F)c(F)c(F)c(F)c2F)c(F)c1F. The molecule has 0 unspecified atom stereocenters. The molecular formula is C42H43BF19NO2Si. The van der Waals surface area contributed by atoms with Crippen molar-refractivity contribution in [1.82, 2.24) is 0 Å². The van der Waals surface area contributed by atoms with Crippen LogP contribution in [0.25, 0.3) is 0 Å². The van der Waals surface area contributed by atoms with Crippen LogP contribution in [-0.4, -0.2) is 47.6 Å². The Balaban J connectivity index is 0.000000771. The van der Waals surface area contributed by atoms with Crippen LogP contribution in [0, 0.1) is 111 Å². The van der Waals surface area contributed by atoms with Gasteiger partial charge >= 0.3 is 8.56 Å². The monoisotopic (exact) mass is 993 g/mol. The minimum Gasteiger partial charge on any atom is -0.391 e. The number of nitrogens with one attached hydrogen (secondary N) is 1. The van der Waals surface area contributed by atoms with Gasteiger partial charge in [0.1, 0.15) is 52.7 Å². The highest BCUT2D eigenvalue weighted by Crippen LogP contribution is 2.31. The lowest BCUT2D eigenvalue weighted by Crippen LogP contribution is -3.12. The maximum atomic E-state index is 16.7. The van der Waals surface area contributed by atoms with E-state index in [0.29, 0.717) is 0 Å². The molecule has 0 aliphatic heterocycles. The third-order valence-electron chi connectivity index (χ3n) is 11.0. The van der Waals surface area contributed by atoms with E-state index in [2.05, 4.69) is 20.8 Å². The molecule has 0 fully saturated rings. The molecule has 368 valence electrons. The smallest absolute Gasteiger partial charge is 0.378 e. The van der Waals surface area contributed by atoms with Gasteiger partial charge in [-0.05, 0) is 39.2 Å². The molecule has 1 N–H and O–H groups in total. The van der Waals surface area contributed by atoms with Crippen LogP contribution >= 0.6 is 0 Å². The van der Waals surface area contributed by atoms with Gasteiger partial charge in [-0.1, -0.05) is 47.0 Å². The second-order valence-electron chi connectivity index (χ2n) is 14.9. The van der Waals surface area contributed by atoms with E-state index >= 15 is 43.9 Å². The van der Waals surface area contributed by atoms with Crippen LogP contribution < -0.4 is 31.9 Å². The summed E-state index contributed by atoms with van der Waals surface area (Å²) in [4.78, 5) is 1.84. The summed E-state index contributed by atoms with van der Waals surface area (Å²) in [6.07, 6.45) is 1.08. The second kappa shape index (κ2) is 23.1. The van der Waals surface area contributed by atoms with Crippen LogP contribution in [0.5, 0.6) is 0 Å². The third kappa shape index (κ3) is 9.83. The van der Waals surface area contributed by atoms with E-state index < -0.39 is 172 Å². The molecule has 3 nitrogen and oxygen atoms in total. The van der Waals surface area contributed by atoms with Crippen molar-refractivity contribution >= 4 is 41.7 Å². The number of hydrogen-bond acceptors (Lipinski definition) is 2. The minimum atomic E-state index is -7.18. The first-order valence-corrected chi connectivity index (χ1v) is 22.7. The lowest BCUT2D eigenvalue weighted by molar-refractivity contribution is -0.900. The topological polar surface area (TPSA) is 22.9 Å². The van der Waals surface area contributed by atoms with Crippen molar-refractivity contribution in [3.8, 4) is 0 Å². The van der Waals surface area contributed by atoms with Gasteiger partial charge in [-0.25, -0.2) is 83.4 Å². The van der Waals surface area contributed by atoms with E-state index in [9.17, 15) is 39.5 Å². The van der Waals surface area contributed by atoms with E-state index in [0.717, 1.165) is 20.8 Å². The highest BCUT2D eigenvalue weighted by molar-refractivity contribution is 7.20. The fourth-order valence-corrected chi connectivity index (χ4v) is 10.9. The van der Waals surface area contributed by atoms with Crippen molar-refractivity contribution in [1.29, 1.82) is 0 Å². The molecule has 0 heterocycles. The number of quaternary nitrogens is 1. The summed E-state index contributed by atoms with van der Waals surface area (Å²) >= 11 is 0. The molecule has 4 aromatic rings. The average molecular weight is 994 g/mol. The first-order valence-electron chi connectivity index (χ1n) is 20.6. The maximum absolute atomic E-state index is 16.7. The van der Waals surface area contributed by atoms with Gasteiger partial charge < -0.3 is 13.8 Å². The highest BCUT2D eigenvalue weighted by Gasteiger charge is 2.54. The Morgan fingerprint density at radius 3 is 0.742 bits per heavy atom. The number of rotatable bonds is 19. The van der Waals surface area contributed by atoms with Crippen molar-refractivity contribution in [2.45, 2.75) is 86.1 Å². The minimum absolute atomic E-state index is 0.586. The van der Waals surface area contributed by atoms with E-state index in [1.165, 1.54) is 58.2 Å². The van der Waals surface area contributed by atoms with Crippen LogP contribution in [0.1, 0.15) is 80.1 Å². The Morgan fingerprint density at radius 1 is 0.333 bits per heavy atom. The van der Waals surface area contributed by atoms with Gasteiger partial charge in [0, 0.05) is 13.2 Å². The summed E-state index contributed by atoms with van der Waals surface area (Å²) < 4.78 is 303. The summed E-state index contributed by atoms with van der Waals surface area (Å²) in [6.45, 7) is 13.2. The fourth-order valence-electron chi connectivity index (χ4n) is 7.92. The standard InChI is InChI=1S/C30H15BF19O2Si.C12H27N/c1-4-51-53(6-3,52-5-2)30-28(49)17(38)10(18(39)29(30)50)31(7-11(32)19(40)25(46)20(41)12(7)33,8-13(34)21(42)26(47)22(43)14(8)35)9-15(36)23(44)27(48)24(45)16(9)37;1-4-7-10-13(11-8-5-2)12-9-6-3/h4-6H2,1-3H3;4-12H2,1-3H3/q-1;/p+1. The maximum Gasteiger partial charge on any atom is 0.378 e. The van der Waals surface area contributed by atoms with Crippen LogP contribution in [0.15, 0.2) is 0 Å². The van der Waals surface area contributed by atoms with Gasteiger partial charge in [-0.2, -0.15) is 0 Å². The molecule has 0 saturated heterocycles. The molecule has 0 bridgehead atoms. The second-order valence-corrected chi connectivity index (χ2v) is 18.2. The molecule has 24 heteroatoms. The Kier molecular flexibility index (Phi) is 19.7. The van der Waals surface area contributed by atoms with E-state index in [1.807, 2.05) is 4.90 Å². The Bertz CT molecular complexity index is 2100.